The highest BCUT2D eigenvalue weighted by Gasteiger charge is 2.23. The normalized spacial score (nSPS) is 12.0. The van der Waals surface area contributed by atoms with Gasteiger partial charge >= 0.3 is 0 Å². The lowest BCUT2D eigenvalue weighted by molar-refractivity contribution is 0.0736. The Morgan fingerprint density at radius 2 is 2.19 bits per heavy atom. The predicted molar refractivity (Wildman–Crippen MR) is 96.7 cm³/mol. The number of nitrogens with zero attached hydrogens (tertiary/aromatic N) is 3. The number of halogens is 1. The number of aromatic amines is 1. The summed E-state index contributed by atoms with van der Waals surface area (Å²) < 4.78 is 19.0. The highest BCUT2D eigenvalue weighted by atomic mass is 32.1. The molecular weight excluding hydrogens is 355 g/mol. The Morgan fingerprint density at radius 1 is 1.42 bits per heavy atom. The van der Waals surface area contributed by atoms with Crippen molar-refractivity contribution in [1.29, 1.82) is 0 Å². The first kappa shape index (κ1) is 18.1. The number of aryl methyl sites for hydroxylation is 1. The van der Waals surface area contributed by atoms with Crippen molar-refractivity contribution >= 4 is 17.2 Å². The number of rotatable bonds is 6. The molecule has 8 heteroatoms. The van der Waals surface area contributed by atoms with E-state index in [0.29, 0.717) is 5.69 Å². The largest absolute Gasteiger partial charge is 0.484 e. The van der Waals surface area contributed by atoms with E-state index in [-0.39, 0.29) is 30.0 Å². The predicted octanol–water partition coefficient (Wildman–Crippen LogP) is 3.73. The molecule has 26 heavy (non-hydrogen) atoms. The maximum atomic E-state index is 13.6. The van der Waals surface area contributed by atoms with E-state index < -0.39 is 5.82 Å². The first-order valence-corrected chi connectivity index (χ1v) is 8.94. The summed E-state index contributed by atoms with van der Waals surface area (Å²) in [5, 5.41) is 9.63. The van der Waals surface area contributed by atoms with Crippen LogP contribution in [-0.4, -0.2) is 33.0 Å². The molecule has 0 fully saturated rings. The molecule has 3 aromatic rings. The molecular formula is C18H19FN4O2S. The third-order valence-electron chi connectivity index (χ3n) is 3.97. The van der Waals surface area contributed by atoms with Crippen molar-refractivity contribution in [3.63, 3.8) is 0 Å². The van der Waals surface area contributed by atoms with Gasteiger partial charge in [-0.05, 0) is 32.0 Å². The number of aromatic nitrogens is 3. The van der Waals surface area contributed by atoms with Crippen LogP contribution in [0, 0.1) is 12.7 Å². The van der Waals surface area contributed by atoms with Crippen molar-refractivity contribution in [2.75, 3.05) is 7.05 Å². The molecule has 0 aliphatic rings. The number of amides is 1. The van der Waals surface area contributed by atoms with Gasteiger partial charge in [0.1, 0.15) is 11.6 Å². The van der Waals surface area contributed by atoms with E-state index in [2.05, 4.69) is 15.2 Å². The smallest absolute Gasteiger partial charge is 0.274 e. The van der Waals surface area contributed by atoms with Crippen molar-refractivity contribution in [3.05, 3.63) is 63.6 Å². The Hall–Kier alpha value is -2.74. The van der Waals surface area contributed by atoms with E-state index >= 15 is 0 Å². The standard InChI is InChI=1S/C18H19FN4O2S/c1-11-10-26-17(20-11)12(2)23(3)18(24)15-8-13(21-22-15)9-25-16-7-5-4-6-14(16)19/h4-8,10,12H,9H2,1-3H3,(H,21,22)/t12-/m1/s1. The van der Waals surface area contributed by atoms with E-state index in [4.69, 9.17) is 4.74 Å². The van der Waals surface area contributed by atoms with Crippen LogP contribution in [0.1, 0.15) is 39.8 Å². The first-order valence-electron chi connectivity index (χ1n) is 8.06. The second-order valence-corrected chi connectivity index (χ2v) is 6.81. The zero-order valence-corrected chi connectivity index (χ0v) is 15.5. The van der Waals surface area contributed by atoms with Crippen LogP contribution in [0.2, 0.25) is 0 Å². The number of benzene rings is 1. The Balaban J connectivity index is 1.65. The van der Waals surface area contributed by atoms with Gasteiger partial charge in [-0.1, -0.05) is 12.1 Å². The molecule has 3 rings (SSSR count). The maximum absolute atomic E-state index is 13.6. The highest BCUT2D eigenvalue weighted by molar-refractivity contribution is 7.09. The van der Waals surface area contributed by atoms with Crippen molar-refractivity contribution in [2.45, 2.75) is 26.5 Å². The van der Waals surface area contributed by atoms with Gasteiger partial charge in [0.2, 0.25) is 0 Å². The molecule has 0 unspecified atom stereocenters. The Labute approximate surface area is 154 Å². The van der Waals surface area contributed by atoms with E-state index in [1.54, 1.807) is 36.2 Å². The number of hydrogen-bond donors (Lipinski definition) is 1. The van der Waals surface area contributed by atoms with Crippen LogP contribution < -0.4 is 4.74 Å². The zero-order chi connectivity index (χ0) is 18.7. The van der Waals surface area contributed by atoms with E-state index in [1.807, 2.05) is 19.2 Å². The SMILES string of the molecule is Cc1csc([C@@H](C)N(C)C(=O)c2cc(COc3ccccc3F)[nH]n2)n1. The van der Waals surface area contributed by atoms with Gasteiger partial charge in [-0.15, -0.1) is 11.3 Å². The number of thiazole rings is 1. The summed E-state index contributed by atoms with van der Waals surface area (Å²) >= 11 is 1.52. The van der Waals surface area contributed by atoms with E-state index in [1.165, 1.54) is 17.4 Å². The monoisotopic (exact) mass is 374 g/mol. The first-order chi connectivity index (χ1) is 12.5. The summed E-state index contributed by atoms with van der Waals surface area (Å²) in [6, 6.07) is 7.61. The fourth-order valence-corrected chi connectivity index (χ4v) is 3.24. The molecule has 0 aliphatic carbocycles. The molecule has 1 aromatic carbocycles. The summed E-state index contributed by atoms with van der Waals surface area (Å²) in [6.07, 6.45) is 0. The van der Waals surface area contributed by atoms with Crippen molar-refractivity contribution in [1.82, 2.24) is 20.1 Å². The van der Waals surface area contributed by atoms with Gasteiger partial charge in [-0.3, -0.25) is 9.89 Å². The molecule has 1 N–H and O–H groups in total. The van der Waals surface area contributed by atoms with Crippen LogP contribution in [0.25, 0.3) is 0 Å². The summed E-state index contributed by atoms with van der Waals surface area (Å²) in [6.45, 7) is 3.93. The van der Waals surface area contributed by atoms with Crippen molar-refractivity contribution in [3.8, 4) is 5.75 Å². The minimum absolute atomic E-state index is 0.0894. The van der Waals surface area contributed by atoms with Gasteiger partial charge in [-0.25, -0.2) is 9.37 Å². The summed E-state index contributed by atoms with van der Waals surface area (Å²) in [5.41, 5.74) is 1.80. The number of carbonyl (C=O) groups excluding carboxylic acids is 1. The number of hydrogen-bond acceptors (Lipinski definition) is 5. The van der Waals surface area contributed by atoms with E-state index in [9.17, 15) is 9.18 Å². The molecule has 0 aliphatic heterocycles. The second-order valence-electron chi connectivity index (χ2n) is 5.92. The number of carbonyl (C=O) groups is 1. The van der Waals surface area contributed by atoms with Crippen LogP contribution in [0.15, 0.2) is 35.7 Å². The third kappa shape index (κ3) is 3.91. The van der Waals surface area contributed by atoms with Gasteiger partial charge in [0.25, 0.3) is 5.91 Å². The minimum atomic E-state index is -0.435. The van der Waals surface area contributed by atoms with E-state index in [0.717, 1.165) is 10.7 Å². The number of para-hydroxylation sites is 1. The Morgan fingerprint density at radius 3 is 2.88 bits per heavy atom. The van der Waals surface area contributed by atoms with Gasteiger partial charge < -0.3 is 9.64 Å². The lowest BCUT2D eigenvalue weighted by atomic mass is 10.2. The van der Waals surface area contributed by atoms with Crippen LogP contribution in [0.4, 0.5) is 4.39 Å². The third-order valence-corrected chi connectivity index (χ3v) is 5.10. The summed E-state index contributed by atoms with van der Waals surface area (Å²) in [4.78, 5) is 18.6. The Bertz CT molecular complexity index is 908. The topological polar surface area (TPSA) is 71.1 Å². The minimum Gasteiger partial charge on any atom is -0.484 e. The zero-order valence-electron chi connectivity index (χ0n) is 14.7. The van der Waals surface area contributed by atoms with Crippen LogP contribution >= 0.6 is 11.3 Å². The van der Waals surface area contributed by atoms with Gasteiger partial charge in [0.05, 0.1) is 11.7 Å². The molecule has 0 bridgehead atoms. The van der Waals surface area contributed by atoms with Crippen molar-refractivity contribution in [2.24, 2.45) is 0 Å². The van der Waals surface area contributed by atoms with Crippen LogP contribution in [0.3, 0.4) is 0 Å². The van der Waals surface area contributed by atoms with Crippen LogP contribution in [-0.2, 0) is 6.61 Å². The average Bonchev–Trinajstić information content (AvgIpc) is 3.28. The average molecular weight is 374 g/mol. The van der Waals surface area contributed by atoms with Crippen LogP contribution in [0.5, 0.6) is 5.75 Å². The molecule has 2 aromatic heterocycles. The molecule has 0 saturated carbocycles. The molecule has 1 atom stereocenters. The lowest BCUT2D eigenvalue weighted by Gasteiger charge is -2.22. The number of H-pyrrole nitrogens is 1. The molecule has 0 saturated heterocycles. The molecule has 1 amide bonds. The molecule has 0 spiro atoms. The molecule has 6 nitrogen and oxygen atoms in total. The Kier molecular flexibility index (Phi) is 5.32. The van der Waals surface area contributed by atoms with Gasteiger partial charge in [0.15, 0.2) is 17.3 Å². The highest BCUT2D eigenvalue weighted by Crippen LogP contribution is 2.24. The molecule has 2 heterocycles. The number of nitrogens with one attached hydrogen (secondary N) is 1. The van der Waals surface area contributed by atoms with Crippen molar-refractivity contribution < 1.29 is 13.9 Å². The second kappa shape index (κ2) is 7.65. The fraction of sp³-hybridized carbons (Fsp3) is 0.278. The summed E-state index contributed by atoms with van der Waals surface area (Å²) in [7, 11) is 1.72. The van der Waals surface area contributed by atoms with Gasteiger partial charge in [0, 0.05) is 18.1 Å². The molecule has 0 radical (unpaired) electrons. The summed E-state index contributed by atoms with van der Waals surface area (Å²) in [5.74, 6) is -0.505. The lowest BCUT2D eigenvalue weighted by Crippen LogP contribution is -2.29. The molecule has 136 valence electrons. The quantitative estimate of drug-likeness (QED) is 0.714. The maximum Gasteiger partial charge on any atom is 0.274 e. The fourth-order valence-electron chi connectivity index (χ4n) is 2.35. The number of ether oxygens (including phenoxy) is 1. The van der Waals surface area contributed by atoms with Gasteiger partial charge in [-0.2, -0.15) is 5.10 Å².